The summed E-state index contributed by atoms with van der Waals surface area (Å²) >= 11 is 0. The van der Waals surface area contributed by atoms with Crippen molar-refractivity contribution in [3.63, 3.8) is 0 Å². The molecule has 0 radical (unpaired) electrons. The van der Waals surface area contributed by atoms with Gasteiger partial charge >= 0.3 is 0 Å². The molecule has 0 aliphatic carbocycles. The van der Waals surface area contributed by atoms with Crippen LogP contribution in [0, 0.1) is 0 Å². The van der Waals surface area contributed by atoms with E-state index in [-0.39, 0.29) is 0 Å². The van der Waals surface area contributed by atoms with Gasteiger partial charge in [0.2, 0.25) is 0 Å². The first kappa shape index (κ1) is 28.2. The molecule has 0 aliphatic rings. The van der Waals surface area contributed by atoms with Gasteiger partial charge in [-0.3, -0.25) is 0 Å². The summed E-state index contributed by atoms with van der Waals surface area (Å²) in [5, 5.41) is 4.37. The average molecular weight is 641 g/mol. The fourth-order valence-corrected chi connectivity index (χ4v) is 7.13. The number of para-hydroxylation sites is 2. The Kier molecular flexibility index (Phi) is 6.42. The molecule has 10 aromatic rings. The minimum atomic E-state index is 0.602. The highest BCUT2D eigenvalue weighted by atomic mass is 16.3. The molecule has 50 heavy (non-hydrogen) atoms. The summed E-state index contributed by atoms with van der Waals surface area (Å²) in [5.41, 5.74) is 9.73. The van der Waals surface area contributed by atoms with Gasteiger partial charge in [-0.2, -0.15) is 0 Å². The van der Waals surface area contributed by atoms with E-state index in [4.69, 9.17) is 19.4 Å². The first-order valence-electron chi connectivity index (χ1n) is 16.7. The molecule has 3 heterocycles. The smallest absolute Gasteiger partial charge is 0.164 e. The summed E-state index contributed by atoms with van der Waals surface area (Å²) in [4.78, 5) is 15.1. The van der Waals surface area contributed by atoms with E-state index in [0.29, 0.717) is 17.5 Å². The van der Waals surface area contributed by atoms with Gasteiger partial charge in [0, 0.05) is 49.5 Å². The quantitative estimate of drug-likeness (QED) is 0.188. The van der Waals surface area contributed by atoms with Gasteiger partial charge in [-0.1, -0.05) is 133 Å². The molecule has 5 heteroatoms. The Balaban J connectivity index is 1.30. The molecule has 0 unspecified atom stereocenters. The third-order valence-corrected chi connectivity index (χ3v) is 9.43. The van der Waals surface area contributed by atoms with Gasteiger partial charge in [-0.05, 0) is 42.0 Å². The largest absolute Gasteiger partial charge is 0.453 e. The summed E-state index contributed by atoms with van der Waals surface area (Å²) in [7, 11) is 0. The number of aromatic nitrogens is 4. The SMILES string of the molecule is c1ccc(-c2nc(-c3ccccc3)nc(-c3cc(-c4ccccc4)c4oc5c(ccc6c7ccccc7n(-c7ccccc7)c65)c4c3)n2)cc1. The second-order valence-corrected chi connectivity index (χ2v) is 12.4. The number of hydrogen-bond acceptors (Lipinski definition) is 4. The first-order chi connectivity index (χ1) is 24.8. The van der Waals surface area contributed by atoms with Crippen molar-refractivity contribution in [2.45, 2.75) is 0 Å². The Morgan fingerprint density at radius 3 is 1.54 bits per heavy atom. The molecular formula is C45H28N4O. The molecule has 10 rings (SSSR count). The molecule has 234 valence electrons. The zero-order chi connectivity index (χ0) is 33.0. The van der Waals surface area contributed by atoms with Crippen molar-refractivity contribution in [3.05, 3.63) is 170 Å². The number of rotatable bonds is 5. The summed E-state index contributed by atoms with van der Waals surface area (Å²) in [6, 6.07) is 58.4. The van der Waals surface area contributed by atoms with Crippen LogP contribution < -0.4 is 0 Å². The summed E-state index contributed by atoms with van der Waals surface area (Å²) in [6.45, 7) is 0. The molecule has 0 spiro atoms. The van der Waals surface area contributed by atoms with Crippen molar-refractivity contribution in [3.8, 4) is 51.0 Å². The third-order valence-electron chi connectivity index (χ3n) is 9.43. The third kappa shape index (κ3) is 4.52. The summed E-state index contributed by atoms with van der Waals surface area (Å²) in [6.07, 6.45) is 0. The van der Waals surface area contributed by atoms with Crippen molar-refractivity contribution >= 4 is 43.7 Å². The lowest BCUT2D eigenvalue weighted by Crippen LogP contribution is -2.00. The van der Waals surface area contributed by atoms with Crippen LogP contribution in [0.4, 0.5) is 0 Å². The maximum atomic E-state index is 7.05. The van der Waals surface area contributed by atoms with Crippen molar-refractivity contribution in [2.75, 3.05) is 0 Å². The fourth-order valence-electron chi connectivity index (χ4n) is 7.13. The van der Waals surface area contributed by atoms with E-state index in [1.54, 1.807) is 0 Å². The summed E-state index contributed by atoms with van der Waals surface area (Å²) < 4.78 is 9.37. The molecule has 0 amide bonds. The Morgan fingerprint density at radius 2 is 0.900 bits per heavy atom. The van der Waals surface area contributed by atoms with E-state index in [1.165, 1.54) is 5.39 Å². The lowest BCUT2D eigenvalue weighted by molar-refractivity contribution is 0.672. The first-order valence-corrected chi connectivity index (χ1v) is 16.7. The van der Waals surface area contributed by atoms with Crippen LogP contribution in [0.1, 0.15) is 0 Å². The Morgan fingerprint density at radius 1 is 0.380 bits per heavy atom. The molecule has 0 atom stereocenters. The second-order valence-electron chi connectivity index (χ2n) is 12.4. The topological polar surface area (TPSA) is 56.7 Å². The Bertz CT molecular complexity index is 2780. The lowest BCUT2D eigenvalue weighted by Gasteiger charge is -2.10. The van der Waals surface area contributed by atoms with Gasteiger partial charge in [0.15, 0.2) is 23.1 Å². The lowest BCUT2D eigenvalue weighted by atomic mass is 9.98. The van der Waals surface area contributed by atoms with Gasteiger partial charge in [-0.15, -0.1) is 0 Å². The monoisotopic (exact) mass is 640 g/mol. The van der Waals surface area contributed by atoms with E-state index in [0.717, 1.165) is 71.9 Å². The van der Waals surface area contributed by atoms with Crippen LogP contribution in [0.3, 0.4) is 0 Å². The number of fused-ring (bicyclic) bond motifs is 7. The molecule has 3 aromatic heterocycles. The molecular weight excluding hydrogens is 613 g/mol. The Labute approximate surface area is 287 Å². The minimum Gasteiger partial charge on any atom is -0.453 e. The van der Waals surface area contributed by atoms with Gasteiger partial charge < -0.3 is 8.98 Å². The maximum Gasteiger partial charge on any atom is 0.164 e. The highest BCUT2D eigenvalue weighted by Crippen LogP contribution is 2.44. The number of hydrogen-bond donors (Lipinski definition) is 0. The predicted molar refractivity (Wildman–Crippen MR) is 203 cm³/mol. The predicted octanol–water partition coefficient (Wildman–Crippen LogP) is 11.5. The molecule has 0 bridgehead atoms. The minimum absolute atomic E-state index is 0.602. The van der Waals surface area contributed by atoms with Crippen LogP contribution in [0.5, 0.6) is 0 Å². The molecule has 0 aliphatic heterocycles. The molecule has 7 aromatic carbocycles. The van der Waals surface area contributed by atoms with Crippen LogP contribution >= 0.6 is 0 Å². The highest BCUT2D eigenvalue weighted by molar-refractivity contribution is 6.23. The zero-order valence-corrected chi connectivity index (χ0v) is 26.9. The summed E-state index contributed by atoms with van der Waals surface area (Å²) in [5.74, 6) is 1.86. The van der Waals surface area contributed by atoms with Gasteiger partial charge in [0.25, 0.3) is 0 Å². The molecule has 0 saturated heterocycles. The number of furan rings is 1. The van der Waals surface area contributed by atoms with Gasteiger partial charge in [0.1, 0.15) is 5.58 Å². The van der Waals surface area contributed by atoms with E-state index in [9.17, 15) is 0 Å². The molecule has 5 nitrogen and oxygen atoms in total. The van der Waals surface area contributed by atoms with Crippen molar-refractivity contribution in [1.82, 2.24) is 19.5 Å². The van der Waals surface area contributed by atoms with Crippen LogP contribution in [0.25, 0.3) is 94.7 Å². The normalized spacial score (nSPS) is 11.6. The van der Waals surface area contributed by atoms with Crippen molar-refractivity contribution < 1.29 is 4.42 Å². The molecule has 0 saturated carbocycles. The van der Waals surface area contributed by atoms with Crippen LogP contribution in [0.15, 0.2) is 174 Å². The van der Waals surface area contributed by atoms with E-state index >= 15 is 0 Å². The Hall–Kier alpha value is -6.85. The van der Waals surface area contributed by atoms with Gasteiger partial charge in [-0.25, -0.2) is 15.0 Å². The van der Waals surface area contributed by atoms with E-state index in [1.807, 2.05) is 66.7 Å². The fraction of sp³-hybridized carbons (Fsp3) is 0. The van der Waals surface area contributed by atoms with Crippen molar-refractivity contribution in [1.29, 1.82) is 0 Å². The van der Waals surface area contributed by atoms with Crippen LogP contribution in [-0.4, -0.2) is 19.5 Å². The van der Waals surface area contributed by atoms with Crippen LogP contribution in [-0.2, 0) is 0 Å². The number of nitrogens with zero attached hydrogens (tertiary/aromatic N) is 4. The molecule has 0 fully saturated rings. The molecule has 0 N–H and O–H groups in total. The van der Waals surface area contributed by atoms with Gasteiger partial charge in [0.05, 0.1) is 11.0 Å². The van der Waals surface area contributed by atoms with E-state index < -0.39 is 0 Å². The number of benzene rings is 7. The van der Waals surface area contributed by atoms with E-state index in [2.05, 4.69) is 108 Å². The maximum absolute atomic E-state index is 7.05. The standard InChI is InChI=1S/C45H28N4O/c1-5-15-29(16-6-1)37-27-32(45-47-43(30-17-7-2-8-18-30)46-44(48-45)31-19-9-3-10-20-31)28-38-36-26-25-35-34-23-13-14-24-39(34)49(33-21-11-4-12-22-33)40(35)42(36)50-41(37)38/h1-28H. The average Bonchev–Trinajstić information content (AvgIpc) is 3.75. The zero-order valence-electron chi connectivity index (χ0n) is 26.9. The van der Waals surface area contributed by atoms with Crippen LogP contribution in [0.2, 0.25) is 0 Å². The second kappa shape index (κ2) is 11.4. The highest BCUT2D eigenvalue weighted by Gasteiger charge is 2.22. The van der Waals surface area contributed by atoms with Crippen molar-refractivity contribution in [2.24, 2.45) is 0 Å².